The van der Waals surface area contributed by atoms with Gasteiger partial charge in [-0.05, 0) is 32.2 Å². The highest BCUT2D eigenvalue weighted by Crippen LogP contribution is 2.30. The number of hydrogen-bond donors (Lipinski definition) is 2. The van der Waals surface area contributed by atoms with Crippen LogP contribution in [0.3, 0.4) is 0 Å². The van der Waals surface area contributed by atoms with Gasteiger partial charge in [-0.3, -0.25) is 4.79 Å². The van der Waals surface area contributed by atoms with Crippen molar-refractivity contribution in [2.45, 2.75) is 11.8 Å². The summed E-state index contributed by atoms with van der Waals surface area (Å²) in [5.41, 5.74) is 0.408. The van der Waals surface area contributed by atoms with Gasteiger partial charge in [0.05, 0.1) is 26.4 Å². The SMILES string of the molecule is CCOc1ccc(NC(=O)CNC)cc1S(=O)(=O)N1CCOCC1.Cl. The van der Waals surface area contributed by atoms with E-state index in [0.717, 1.165) is 0 Å². The van der Waals surface area contributed by atoms with Gasteiger partial charge >= 0.3 is 0 Å². The first-order valence-corrected chi connectivity index (χ1v) is 9.22. The number of rotatable bonds is 7. The molecule has 142 valence electrons. The van der Waals surface area contributed by atoms with Crippen LogP contribution < -0.4 is 15.4 Å². The molecule has 10 heteroatoms. The van der Waals surface area contributed by atoms with Crippen molar-refractivity contribution in [2.24, 2.45) is 0 Å². The fourth-order valence-corrected chi connectivity index (χ4v) is 3.92. The van der Waals surface area contributed by atoms with Crippen molar-refractivity contribution in [3.05, 3.63) is 18.2 Å². The van der Waals surface area contributed by atoms with Crippen molar-refractivity contribution in [1.29, 1.82) is 0 Å². The highest BCUT2D eigenvalue weighted by molar-refractivity contribution is 7.89. The van der Waals surface area contributed by atoms with Crippen LogP contribution in [0, 0.1) is 0 Å². The summed E-state index contributed by atoms with van der Waals surface area (Å²) in [6, 6.07) is 4.62. The van der Waals surface area contributed by atoms with Crippen molar-refractivity contribution in [3.8, 4) is 5.75 Å². The Labute approximate surface area is 154 Å². The Balaban J connectivity index is 0.00000312. The van der Waals surface area contributed by atoms with Crippen molar-refractivity contribution in [3.63, 3.8) is 0 Å². The minimum atomic E-state index is -3.72. The summed E-state index contributed by atoms with van der Waals surface area (Å²) in [6.07, 6.45) is 0. The van der Waals surface area contributed by atoms with Gasteiger partial charge in [-0.2, -0.15) is 4.31 Å². The normalized spacial score (nSPS) is 15.3. The maximum Gasteiger partial charge on any atom is 0.246 e. The Morgan fingerprint density at radius 3 is 2.60 bits per heavy atom. The molecule has 0 atom stereocenters. The van der Waals surface area contributed by atoms with Gasteiger partial charge in [-0.15, -0.1) is 12.4 Å². The number of ether oxygens (including phenoxy) is 2. The van der Waals surface area contributed by atoms with E-state index in [-0.39, 0.29) is 35.5 Å². The maximum absolute atomic E-state index is 12.9. The minimum absolute atomic E-state index is 0. The number of carbonyl (C=O) groups excluding carboxylic acids is 1. The number of likely N-dealkylation sites (N-methyl/N-ethyl adjacent to an activating group) is 1. The number of anilines is 1. The van der Waals surface area contributed by atoms with Crippen LogP contribution in [-0.4, -0.2) is 65.1 Å². The van der Waals surface area contributed by atoms with E-state index in [1.54, 1.807) is 26.1 Å². The van der Waals surface area contributed by atoms with Crippen molar-refractivity contribution in [2.75, 3.05) is 51.8 Å². The van der Waals surface area contributed by atoms with E-state index in [9.17, 15) is 13.2 Å². The van der Waals surface area contributed by atoms with Crippen LogP contribution in [0.4, 0.5) is 5.69 Å². The van der Waals surface area contributed by atoms with Gasteiger partial charge < -0.3 is 20.1 Å². The Kier molecular flexibility index (Phi) is 8.60. The molecule has 0 radical (unpaired) electrons. The molecule has 2 rings (SSSR count). The molecule has 1 aliphatic rings. The minimum Gasteiger partial charge on any atom is -0.492 e. The Morgan fingerprint density at radius 2 is 2.00 bits per heavy atom. The molecule has 2 N–H and O–H groups in total. The molecule has 0 aromatic heterocycles. The quantitative estimate of drug-likeness (QED) is 0.707. The van der Waals surface area contributed by atoms with Crippen molar-refractivity contribution < 1.29 is 22.7 Å². The molecule has 1 saturated heterocycles. The number of nitrogens with zero attached hydrogens (tertiary/aromatic N) is 1. The molecule has 1 aromatic rings. The first-order chi connectivity index (χ1) is 11.5. The third-order valence-corrected chi connectivity index (χ3v) is 5.37. The van der Waals surface area contributed by atoms with Crippen LogP contribution >= 0.6 is 12.4 Å². The van der Waals surface area contributed by atoms with Gasteiger partial charge in [-0.1, -0.05) is 0 Å². The van der Waals surface area contributed by atoms with E-state index in [1.807, 2.05) is 0 Å². The number of carbonyl (C=O) groups is 1. The number of benzene rings is 1. The zero-order valence-electron chi connectivity index (χ0n) is 14.3. The van der Waals surface area contributed by atoms with Crippen LogP contribution in [0.5, 0.6) is 5.75 Å². The topological polar surface area (TPSA) is 97.0 Å². The molecule has 1 heterocycles. The molecule has 0 aliphatic carbocycles. The summed E-state index contributed by atoms with van der Waals surface area (Å²) in [7, 11) is -2.07. The summed E-state index contributed by atoms with van der Waals surface area (Å²) in [5.74, 6) is 0.0204. The van der Waals surface area contributed by atoms with E-state index in [0.29, 0.717) is 38.6 Å². The molecular formula is C15H24ClN3O5S. The number of hydrogen-bond acceptors (Lipinski definition) is 6. The van der Waals surface area contributed by atoms with Crippen LogP contribution in [0.25, 0.3) is 0 Å². The Bertz CT molecular complexity index is 678. The third kappa shape index (κ3) is 5.55. The van der Waals surface area contributed by atoms with E-state index in [4.69, 9.17) is 9.47 Å². The van der Waals surface area contributed by atoms with Gasteiger partial charge in [0.25, 0.3) is 0 Å². The molecule has 25 heavy (non-hydrogen) atoms. The van der Waals surface area contributed by atoms with E-state index < -0.39 is 10.0 Å². The lowest BCUT2D eigenvalue weighted by atomic mass is 10.3. The average Bonchev–Trinajstić information content (AvgIpc) is 2.57. The predicted octanol–water partition coefficient (Wildman–Crippen LogP) is 0.686. The number of halogens is 1. The highest BCUT2D eigenvalue weighted by atomic mass is 35.5. The Morgan fingerprint density at radius 1 is 1.32 bits per heavy atom. The number of morpholine rings is 1. The smallest absolute Gasteiger partial charge is 0.246 e. The summed E-state index contributed by atoms with van der Waals surface area (Å²) in [5, 5.41) is 5.40. The monoisotopic (exact) mass is 393 g/mol. The fraction of sp³-hybridized carbons (Fsp3) is 0.533. The van der Waals surface area contributed by atoms with Crippen LogP contribution in [0.1, 0.15) is 6.92 Å². The lowest BCUT2D eigenvalue weighted by Crippen LogP contribution is -2.40. The van der Waals surface area contributed by atoms with Gasteiger partial charge in [0.1, 0.15) is 10.6 Å². The molecule has 1 amide bonds. The first-order valence-electron chi connectivity index (χ1n) is 7.78. The highest BCUT2D eigenvalue weighted by Gasteiger charge is 2.29. The van der Waals surface area contributed by atoms with Gasteiger partial charge in [0.2, 0.25) is 15.9 Å². The zero-order chi connectivity index (χ0) is 17.6. The molecule has 0 unspecified atom stereocenters. The molecule has 8 nitrogen and oxygen atoms in total. The lowest BCUT2D eigenvalue weighted by Gasteiger charge is -2.27. The number of amides is 1. The molecule has 0 bridgehead atoms. The molecule has 1 aromatic carbocycles. The molecule has 1 fully saturated rings. The summed E-state index contributed by atoms with van der Waals surface area (Å²) in [4.78, 5) is 11.8. The predicted molar refractivity (Wildman–Crippen MR) is 97.0 cm³/mol. The van der Waals surface area contributed by atoms with E-state index in [1.165, 1.54) is 10.4 Å². The second-order valence-corrected chi connectivity index (χ2v) is 7.10. The van der Waals surface area contributed by atoms with Gasteiger partial charge in [0.15, 0.2) is 0 Å². The van der Waals surface area contributed by atoms with Crippen molar-refractivity contribution >= 4 is 34.0 Å². The second-order valence-electron chi connectivity index (χ2n) is 5.19. The maximum atomic E-state index is 12.9. The fourth-order valence-electron chi connectivity index (χ4n) is 2.35. The summed E-state index contributed by atoms with van der Waals surface area (Å²) < 4.78 is 37.9. The van der Waals surface area contributed by atoms with Gasteiger partial charge in [-0.25, -0.2) is 8.42 Å². The third-order valence-electron chi connectivity index (χ3n) is 3.45. The van der Waals surface area contributed by atoms with E-state index >= 15 is 0 Å². The number of nitrogens with one attached hydrogen (secondary N) is 2. The van der Waals surface area contributed by atoms with Gasteiger partial charge in [0, 0.05) is 18.8 Å². The van der Waals surface area contributed by atoms with Crippen LogP contribution in [0.2, 0.25) is 0 Å². The lowest BCUT2D eigenvalue weighted by molar-refractivity contribution is -0.115. The largest absolute Gasteiger partial charge is 0.492 e. The number of sulfonamides is 1. The Hall–Kier alpha value is -1.39. The van der Waals surface area contributed by atoms with E-state index in [2.05, 4.69) is 10.6 Å². The zero-order valence-corrected chi connectivity index (χ0v) is 15.9. The van der Waals surface area contributed by atoms with Crippen LogP contribution in [-0.2, 0) is 19.6 Å². The second kappa shape index (κ2) is 9.93. The molecule has 0 saturated carbocycles. The molecule has 1 aliphatic heterocycles. The summed E-state index contributed by atoms with van der Waals surface area (Å²) in [6.45, 7) is 3.58. The average molecular weight is 394 g/mol. The first kappa shape index (κ1) is 21.7. The summed E-state index contributed by atoms with van der Waals surface area (Å²) >= 11 is 0. The molecular weight excluding hydrogens is 370 g/mol. The van der Waals surface area contributed by atoms with Crippen LogP contribution in [0.15, 0.2) is 23.1 Å². The van der Waals surface area contributed by atoms with Crippen molar-refractivity contribution in [1.82, 2.24) is 9.62 Å². The standard InChI is InChI=1S/C15H23N3O5S.ClH/c1-3-23-13-5-4-12(17-15(19)11-16-2)10-14(13)24(20,21)18-6-8-22-9-7-18;/h4-5,10,16H,3,6-9,11H2,1-2H3,(H,17,19);1H. The molecule has 0 spiro atoms.